The standard InChI is InChI=1S/C28H36N6O3/c1-20(2)25(27(35)37-3)32-26-22-11-7-8-12-23(22)30-24(31-26)19-33-15-17-34(18-16-33)28(36)29-14-13-21-9-5-4-6-10-21/h4-12,20,25H,13-19H2,1-3H3,(H,29,36)(H,30,31,32)/t25-/m0/s1. The molecule has 196 valence electrons. The molecule has 9 heteroatoms. The van der Waals surface area contributed by atoms with Crippen molar-refractivity contribution in [2.24, 2.45) is 5.92 Å². The van der Waals surface area contributed by atoms with Crippen LogP contribution in [0.1, 0.15) is 25.2 Å². The lowest BCUT2D eigenvalue weighted by atomic mass is 10.0. The third-order valence-electron chi connectivity index (χ3n) is 6.62. The normalized spacial score (nSPS) is 15.0. The zero-order valence-electron chi connectivity index (χ0n) is 21.8. The summed E-state index contributed by atoms with van der Waals surface area (Å²) in [5.41, 5.74) is 2.03. The van der Waals surface area contributed by atoms with Crippen LogP contribution in [0.2, 0.25) is 0 Å². The highest BCUT2D eigenvalue weighted by Gasteiger charge is 2.25. The van der Waals surface area contributed by atoms with Crippen LogP contribution in [0.5, 0.6) is 0 Å². The molecule has 0 saturated carbocycles. The summed E-state index contributed by atoms with van der Waals surface area (Å²) in [6.45, 7) is 7.89. The molecule has 1 aromatic heterocycles. The first-order chi connectivity index (χ1) is 17.9. The number of anilines is 1. The predicted molar refractivity (Wildman–Crippen MR) is 144 cm³/mol. The third kappa shape index (κ3) is 6.95. The molecule has 2 aromatic carbocycles. The fourth-order valence-electron chi connectivity index (χ4n) is 4.46. The van der Waals surface area contributed by atoms with Gasteiger partial charge < -0.3 is 20.3 Å². The third-order valence-corrected chi connectivity index (χ3v) is 6.62. The van der Waals surface area contributed by atoms with Crippen molar-refractivity contribution in [3.05, 3.63) is 66.0 Å². The molecule has 2 heterocycles. The minimum absolute atomic E-state index is 0.0217. The number of benzene rings is 2. The summed E-state index contributed by atoms with van der Waals surface area (Å²) in [4.78, 5) is 38.6. The Morgan fingerprint density at radius 3 is 2.38 bits per heavy atom. The summed E-state index contributed by atoms with van der Waals surface area (Å²) in [7, 11) is 1.39. The molecule has 4 rings (SSSR count). The van der Waals surface area contributed by atoms with Crippen LogP contribution in [-0.2, 0) is 22.5 Å². The van der Waals surface area contributed by atoms with Gasteiger partial charge in [-0.2, -0.15) is 0 Å². The van der Waals surface area contributed by atoms with Crippen LogP contribution in [0.4, 0.5) is 10.6 Å². The number of urea groups is 1. The van der Waals surface area contributed by atoms with Gasteiger partial charge in [0.1, 0.15) is 17.7 Å². The van der Waals surface area contributed by atoms with Gasteiger partial charge in [-0.3, -0.25) is 4.90 Å². The Labute approximate surface area is 218 Å². The number of rotatable bonds is 9. The molecule has 1 aliphatic heterocycles. The molecule has 0 spiro atoms. The fourth-order valence-corrected chi connectivity index (χ4v) is 4.46. The molecule has 1 saturated heterocycles. The number of fused-ring (bicyclic) bond motifs is 1. The van der Waals surface area contributed by atoms with Crippen molar-refractivity contribution >= 4 is 28.7 Å². The van der Waals surface area contributed by atoms with Gasteiger partial charge in [0, 0.05) is 38.1 Å². The summed E-state index contributed by atoms with van der Waals surface area (Å²) in [5.74, 6) is 1.00. The quantitative estimate of drug-likeness (QED) is 0.431. The average Bonchev–Trinajstić information content (AvgIpc) is 2.92. The van der Waals surface area contributed by atoms with Gasteiger partial charge in [0.15, 0.2) is 0 Å². The van der Waals surface area contributed by atoms with Gasteiger partial charge >= 0.3 is 12.0 Å². The molecule has 2 N–H and O–H groups in total. The molecule has 37 heavy (non-hydrogen) atoms. The number of carbonyl (C=O) groups excluding carboxylic acids is 2. The van der Waals surface area contributed by atoms with Gasteiger partial charge in [0.2, 0.25) is 0 Å². The van der Waals surface area contributed by atoms with Gasteiger partial charge in [0.25, 0.3) is 0 Å². The van der Waals surface area contributed by atoms with Crippen LogP contribution < -0.4 is 10.6 Å². The number of aromatic nitrogens is 2. The van der Waals surface area contributed by atoms with E-state index < -0.39 is 6.04 Å². The van der Waals surface area contributed by atoms with E-state index in [1.165, 1.54) is 12.7 Å². The number of hydrogen-bond acceptors (Lipinski definition) is 7. The molecule has 3 aromatic rings. The van der Waals surface area contributed by atoms with E-state index in [0.29, 0.717) is 37.8 Å². The largest absolute Gasteiger partial charge is 0.467 e. The monoisotopic (exact) mass is 504 g/mol. The van der Waals surface area contributed by atoms with E-state index in [9.17, 15) is 9.59 Å². The smallest absolute Gasteiger partial charge is 0.328 e. The molecule has 0 bridgehead atoms. The van der Waals surface area contributed by atoms with Crippen LogP contribution in [0.3, 0.4) is 0 Å². The summed E-state index contributed by atoms with van der Waals surface area (Å²) in [6.07, 6.45) is 0.815. The molecular weight excluding hydrogens is 468 g/mol. The highest BCUT2D eigenvalue weighted by atomic mass is 16.5. The van der Waals surface area contributed by atoms with Gasteiger partial charge in [-0.1, -0.05) is 56.3 Å². The molecule has 0 radical (unpaired) electrons. The highest BCUT2D eigenvalue weighted by Crippen LogP contribution is 2.23. The number of methoxy groups -OCH3 is 1. The van der Waals surface area contributed by atoms with Gasteiger partial charge in [-0.15, -0.1) is 0 Å². The van der Waals surface area contributed by atoms with Gasteiger partial charge in [0.05, 0.1) is 19.2 Å². The van der Waals surface area contributed by atoms with Crippen LogP contribution >= 0.6 is 0 Å². The molecule has 1 fully saturated rings. The molecular formula is C28H36N6O3. The van der Waals surface area contributed by atoms with E-state index in [2.05, 4.69) is 27.7 Å². The second kappa shape index (κ2) is 12.5. The van der Waals surface area contributed by atoms with Crippen molar-refractivity contribution in [2.75, 3.05) is 45.2 Å². The molecule has 1 atom stereocenters. The minimum atomic E-state index is -0.514. The summed E-state index contributed by atoms with van der Waals surface area (Å²) >= 11 is 0. The lowest BCUT2D eigenvalue weighted by Gasteiger charge is -2.34. The summed E-state index contributed by atoms with van der Waals surface area (Å²) < 4.78 is 5.00. The summed E-state index contributed by atoms with van der Waals surface area (Å²) in [5, 5.41) is 7.19. The number of amides is 2. The Bertz CT molecular complexity index is 1200. The van der Waals surface area contributed by atoms with Crippen molar-refractivity contribution in [2.45, 2.75) is 32.9 Å². The molecule has 0 aliphatic carbocycles. The van der Waals surface area contributed by atoms with Crippen molar-refractivity contribution < 1.29 is 14.3 Å². The minimum Gasteiger partial charge on any atom is -0.467 e. The number of para-hydroxylation sites is 1. The van der Waals surface area contributed by atoms with E-state index in [0.717, 1.165) is 30.4 Å². The van der Waals surface area contributed by atoms with Crippen molar-refractivity contribution in [1.82, 2.24) is 25.1 Å². The second-order valence-corrected chi connectivity index (χ2v) is 9.63. The zero-order valence-corrected chi connectivity index (χ0v) is 21.8. The molecule has 2 amide bonds. The van der Waals surface area contributed by atoms with Crippen LogP contribution in [0, 0.1) is 5.92 Å². The van der Waals surface area contributed by atoms with Gasteiger partial charge in [-0.05, 0) is 30.0 Å². The van der Waals surface area contributed by atoms with E-state index in [4.69, 9.17) is 14.7 Å². The van der Waals surface area contributed by atoms with Crippen LogP contribution in [0.25, 0.3) is 10.9 Å². The lowest BCUT2D eigenvalue weighted by molar-refractivity contribution is -0.142. The van der Waals surface area contributed by atoms with Gasteiger partial charge in [-0.25, -0.2) is 19.6 Å². The second-order valence-electron chi connectivity index (χ2n) is 9.63. The van der Waals surface area contributed by atoms with Crippen LogP contribution in [-0.4, -0.2) is 77.6 Å². The van der Waals surface area contributed by atoms with E-state index in [1.807, 2.05) is 61.2 Å². The van der Waals surface area contributed by atoms with E-state index >= 15 is 0 Å². The number of carbonyl (C=O) groups is 2. The first-order valence-electron chi connectivity index (χ1n) is 12.8. The number of nitrogens with zero attached hydrogens (tertiary/aromatic N) is 4. The van der Waals surface area contributed by atoms with E-state index in [1.54, 1.807) is 0 Å². The van der Waals surface area contributed by atoms with Crippen molar-refractivity contribution in [3.8, 4) is 0 Å². The van der Waals surface area contributed by atoms with E-state index in [-0.39, 0.29) is 17.9 Å². The van der Waals surface area contributed by atoms with Crippen molar-refractivity contribution in [3.63, 3.8) is 0 Å². The Morgan fingerprint density at radius 2 is 1.68 bits per heavy atom. The molecule has 1 aliphatic rings. The lowest BCUT2D eigenvalue weighted by Crippen LogP contribution is -2.51. The Balaban J connectivity index is 1.36. The molecule has 9 nitrogen and oxygen atoms in total. The first kappa shape index (κ1) is 26.3. The maximum Gasteiger partial charge on any atom is 0.328 e. The summed E-state index contributed by atoms with van der Waals surface area (Å²) in [6, 6.07) is 17.4. The zero-order chi connectivity index (χ0) is 26.2. The van der Waals surface area contributed by atoms with Crippen molar-refractivity contribution in [1.29, 1.82) is 0 Å². The first-order valence-corrected chi connectivity index (χ1v) is 12.8. The average molecular weight is 505 g/mol. The predicted octanol–water partition coefficient (Wildman–Crippen LogP) is 3.31. The SMILES string of the molecule is COC(=O)[C@@H](Nc1nc(CN2CCN(C(=O)NCCc3ccccc3)CC2)nc2ccccc12)C(C)C. The fraction of sp³-hybridized carbons (Fsp3) is 0.429. The van der Waals surface area contributed by atoms with Crippen LogP contribution in [0.15, 0.2) is 54.6 Å². The number of piperazine rings is 1. The number of nitrogens with one attached hydrogen (secondary N) is 2. The Hall–Kier alpha value is -3.72. The number of ether oxygens (including phenoxy) is 1. The Morgan fingerprint density at radius 1 is 0.973 bits per heavy atom. The topological polar surface area (TPSA) is 99.7 Å². The highest BCUT2D eigenvalue weighted by molar-refractivity contribution is 5.91. The maximum absolute atomic E-state index is 12.6. The Kier molecular flexibility index (Phi) is 8.90. The molecule has 0 unspecified atom stereocenters. The number of hydrogen-bond donors (Lipinski definition) is 2. The maximum atomic E-state index is 12.6. The number of esters is 1.